The Labute approximate surface area is 150 Å². The highest BCUT2D eigenvalue weighted by Gasteiger charge is 2.11. The van der Waals surface area contributed by atoms with Gasteiger partial charge in [0.1, 0.15) is 12.4 Å². The van der Waals surface area contributed by atoms with E-state index in [-0.39, 0.29) is 0 Å². The second kappa shape index (κ2) is 8.19. The fourth-order valence-corrected chi connectivity index (χ4v) is 2.86. The number of ether oxygens (including phenoxy) is 2. The molecule has 0 spiro atoms. The molecule has 0 saturated carbocycles. The summed E-state index contributed by atoms with van der Waals surface area (Å²) in [5, 5.41) is 2.77. The Morgan fingerprint density at radius 1 is 1.22 bits per heavy atom. The highest BCUT2D eigenvalue weighted by atomic mass is 127. The Morgan fingerprint density at radius 2 is 2.00 bits per heavy atom. The van der Waals surface area contributed by atoms with Gasteiger partial charge in [-0.1, -0.05) is 23.8 Å². The van der Waals surface area contributed by atoms with Crippen molar-refractivity contribution in [2.24, 2.45) is 0 Å². The van der Waals surface area contributed by atoms with Gasteiger partial charge in [-0.05, 0) is 67.1 Å². The van der Waals surface area contributed by atoms with E-state index in [0.29, 0.717) is 18.9 Å². The number of aryl methyl sites for hydroxylation is 2. The maximum Gasteiger partial charge on any atom is 0.411 e. The highest BCUT2D eigenvalue weighted by molar-refractivity contribution is 14.1. The number of rotatable bonds is 5. The number of anilines is 1. The molecule has 0 aliphatic carbocycles. The minimum atomic E-state index is -0.456. The minimum absolute atomic E-state index is 0.337. The van der Waals surface area contributed by atoms with Crippen LogP contribution >= 0.6 is 22.6 Å². The molecule has 0 aromatic heterocycles. The van der Waals surface area contributed by atoms with E-state index < -0.39 is 6.09 Å². The van der Waals surface area contributed by atoms with Crippen LogP contribution in [0.4, 0.5) is 10.5 Å². The highest BCUT2D eigenvalue weighted by Crippen LogP contribution is 2.26. The number of nitrogens with one attached hydrogen (secondary N) is 1. The molecular formula is C18H20INO3. The average molecular weight is 425 g/mol. The second-order valence-corrected chi connectivity index (χ2v) is 6.33. The van der Waals surface area contributed by atoms with Gasteiger partial charge in [-0.15, -0.1) is 0 Å². The van der Waals surface area contributed by atoms with E-state index in [1.54, 1.807) is 6.92 Å². The SMILES string of the molecule is CCOC(=O)Nc1cccc(I)c1COc1ccc(C)cc1C. The largest absolute Gasteiger partial charge is 0.489 e. The standard InChI is InChI=1S/C18H20INO3/c1-4-22-18(21)20-16-7-5-6-15(19)14(16)11-23-17-9-8-12(2)10-13(17)3/h5-10H,4,11H2,1-3H3,(H,20,21). The third-order valence-electron chi connectivity index (χ3n) is 3.33. The van der Waals surface area contributed by atoms with E-state index in [1.165, 1.54) is 5.56 Å². The number of carbonyl (C=O) groups is 1. The molecule has 2 rings (SSSR count). The fraction of sp³-hybridized carbons (Fsp3) is 0.278. The predicted molar refractivity (Wildman–Crippen MR) is 100 cm³/mol. The van der Waals surface area contributed by atoms with Crippen LogP contribution in [0.2, 0.25) is 0 Å². The molecule has 0 aliphatic heterocycles. The van der Waals surface area contributed by atoms with Crippen molar-refractivity contribution in [2.45, 2.75) is 27.4 Å². The maximum absolute atomic E-state index is 11.7. The van der Waals surface area contributed by atoms with Crippen LogP contribution in [-0.2, 0) is 11.3 Å². The van der Waals surface area contributed by atoms with Gasteiger partial charge in [0.15, 0.2) is 0 Å². The number of carbonyl (C=O) groups excluding carboxylic acids is 1. The summed E-state index contributed by atoms with van der Waals surface area (Å²) in [4.78, 5) is 11.7. The van der Waals surface area contributed by atoms with Gasteiger partial charge in [-0.2, -0.15) is 0 Å². The summed E-state index contributed by atoms with van der Waals surface area (Å²) in [6.45, 7) is 6.57. The van der Waals surface area contributed by atoms with Crippen molar-refractivity contribution >= 4 is 34.4 Å². The molecule has 0 heterocycles. The molecule has 0 fully saturated rings. The van der Waals surface area contributed by atoms with Crippen molar-refractivity contribution in [1.82, 2.24) is 0 Å². The van der Waals surface area contributed by atoms with Gasteiger partial charge in [0, 0.05) is 9.13 Å². The van der Waals surface area contributed by atoms with Crippen molar-refractivity contribution in [2.75, 3.05) is 11.9 Å². The zero-order chi connectivity index (χ0) is 16.8. The first-order chi connectivity index (χ1) is 11.0. The van der Waals surface area contributed by atoms with Crippen molar-refractivity contribution in [1.29, 1.82) is 0 Å². The Balaban J connectivity index is 2.16. The molecular weight excluding hydrogens is 405 g/mol. The normalized spacial score (nSPS) is 10.3. The number of halogens is 1. The summed E-state index contributed by atoms with van der Waals surface area (Å²) in [6.07, 6.45) is -0.456. The number of hydrogen-bond donors (Lipinski definition) is 1. The Hall–Kier alpha value is -1.76. The molecule has 0 saturated heterocycles. The van der Waals surface area contributed by atoms with Crippen LogP contribution in [0.5, 0.6) is 5.75 Å². The van der Waals surface area contributed by atoms with Crippen LogP contribution < -0.4 is 10.1 Å². The third kappa shape index (κ3) is 4.86. The van der Waals surface area contributed by atoms with Crippen LogP contribution in [0.25, 0.3) is 0 Å². The monoisotopic (exact) mass is 425 g/mol. The van der Waals surface area contributed by atoms with Gasteiger partial charge >= 0.3 is 6.09 Å². The molecule has 122 valence electrons. The van der Waals surface area contributed by atoms with Crippen molar-refractivity contribution < 1.29 is 14.3 Å². The van der Waals surface area contributed by atoms with E-state index in [4.69, 9.17) is 9.47 Å². The van der Waals surface area contributed by atoms with Gasteiger partial charge in [-0.3, -0.25) is 5.32 Å². The quantitative estimate of drug-likeness (QED) is 0.682. The van der Waals surface area contributed by atoms with Gasteiger partial charge in [0.25, 0.3) is 0 Å². The van der Waals surface area contributed by atoms with Gasteiger partial charge < -0.3 is 9.47 Å². The lowest BCUT2D eigenvalue weighted by molar-refractivity contribution is 0.168. The fourth-order valence-electron chi connectivity index (χ4n) is 2.21. The van der Waals surface area contributed by atoms with E-state index in [0.717, 1.165) is 20.4 Å². The number of amides is 1. The zero-order valence-corrected chi connectivity index (χ0v) is 15.6. The number of hydrogen-bond acceptors (Lipinski definition) is 3. The van der Waals surface area contributed by atoms with Crippen molar-refractivity contribution in [3.8, 4) is 5.75 Å². The summed E-state index contributed by atoms with van der Waals surface area (Å²) in [5.74, 6) is 0.845. The van der Waals surface area contributed by atoms with E-state index in [9.17, 15) is 4.79 Å². The molecule has 5 heteroatoms. The first kappa shape index (κ1) is 17.6. The van der Waals surface area contributed by atoms with E-state index in [1.807, 2.05) is 37.3 Å². The molecule has 1 N–H and O–H groups in total. The lowest BCUT2D eigenvalue weighted by Gasteiger charge is -2.15. The van der Waals surface area contributed by atoms with Crippen LogP contribution in [0, 0.1) is 17.4 Å². The summed E-state index contributed by atoms with van der Waals surface area (Å²) in [6, 6.07) is 11.8. The molecule has 23 heavy (non-hydrogen) atoms. The van der Waals surface area contributed by atoms with Gasteiger partial charge in [-0.25, -0.2) is 4.79 Å². The average Bonchev–Trinajstić information content (AvgIpc) is 2.48. The molecule has 2 aromatic carbocycles. The molecule has 0 radical (unpaired) electrons. The molecule has 4 nitrogen and oxygen atoms in total. The first-order valence-corrected chi connectivity index (χ1v) is 8.50. The molecule has 0 aliphatic rings. The molecule has 0 unspecified atom stereocenters. The molecule has 1 amide bonds. The van der Waals surface area contributed by atoms with Gasteiger partial charge in [0.2, 0.25) is 0 Å². The molecule has 0 bridgehead atoms. The smallest absolute Gasteiger partial charge is 0.411 e. The van der Waals surface area contributed by atoms with Gasteiger partial charge in [0.05, 0.1) is 12.3 Å². The number of benzene rings is 2. The van der Waals surface area contributed by atoms with E-state index >= 15 is 0 Å². The zero-order valence-electron chi connectivity index (χ0n) is 13.5. The Kier molecular flexibility index (Phi) is 6.27. The predicted octanol–water partition coefficient (Wildman–Crippen LogP) is 5.06. The van der Waals surface area contributed by atoms with Crippen molar-refractivity contribution in [3.63, 3.8) is 0 Å². The van der Waals surface area contributed by atoms with E-state index in [2.05, 4.69) is 40.9 Å². The van der Waals surface area contributed by atoms with Crippen LogP contribution in [0.1, 0.15) is 23.6 Å². The Bertz CT molecular complexity index is 701. The lowest BCUT2D eigenvalue weighted by atomic mass is 10.1. The summed E-state index contributed by atoms with van der Waals surface area (Å²) < 4.78 is 11.9. The first-order valence-electron chi connectivity index (χ1n) is 7.42. The van der Waals surface area contributed by atoms with Crippen molar-refractivity contribution in [3.05, 3.63) is 56.7 Å². The summed E-state index contributed by atoms with van der Waals surface area (Å²) >= 11 is 2.24. The minimum Gasteiger partial charge on any atom is -0.489 e. The third-order valence-corrected chi connectivity index (χ3v) is 4.34. The molecule has 2 aromatic rings. The lowest BCUT2D eigenvalue weighted by Crippen LogP contribution is -2.15. The summed E-state index contributed by atoms with van der Waals surface area (Å²) in [7, 11) is 0. The summed E-state index contributed by atoms with van der Waals surface area (Å²) in [5.41, 5.74) is 3.94. The molecule has 0 atom stereocenters. The topological polar surface area (TPSA) is 47.6 Å². The van der Waals surface area contributed by atoms with Crippen LogP contribution in [-0.4, -0.2) is 12.7 Å². The second-order valence-electron chi connectivity index (χ2n) is 5.17. The van der Waals surface area contributed by atoms with Crippen LogP contribution in [0.15, 0.2) is 36.4 Å². The maximum atomic E-state index is 11.7. The van der Waals surface area contributed by atoms with Crippen LogP contribution in [0.3, 0.4) is 0 Å². The Morgan fingerprint density at radius 3 is 2.70 bits per heavy atom.